The van der Waals surface area contributed by atoms with Crippen molar-refractivity contribution in [3.8, 4) is 0 Å². The highest BCUT2D eigenvalue weighted by atomic mass is 35.5. The van der Waals surface area contributed by atoms with Gasteiger partial charge in [-0.1, -0.05) is 73.0 Å². The number of carbonyl (C=O) groups excluding carboxylic acids is 2. The van der Waals surface area contributed by atoms with Crippen LogP contribution in [-0.4, -0.2) is 44.3 Å². The van der Waals surface area contributed by atoms with Gasteiger partial charge in [0.25, 0.3) is 10.0 Å². The van der Waals surface area contributed by atoms with Crippen LogP contribution < -0.4 is 9.62 Å². The summed E-state index contributed by atoms with van der Waals surface area (Å²) in [6, 6.07) is 21.1. The third-order valence-electron chi connectivity index (χ3n) is 6.20. The van der Waals surface area contributed by atoms with E-state index in [-0.39, 0.29) is 17.3 Å². The van der Waals surface area contributed by atoms with Crippen LogP contribution in [0, 0.1) is 6.92 Å². The molecule has 0 unspecified atom stereocenters. The predicted molar refractivity (Wildman–Crippen MR) is 152 cm³/mol. The quantitative estimate of drug-likeness (QED) is 0.312. The number of benzene rings is 3. The fourth-order valence-electron chi connectivity index (χ4n) is 3.87. The van der Waals surface area contributed by atoms with E-state index in [1.807, 2.05) is 38.1 Å². The molecule has 3 rings (SSSR count). The highest BCUT2D eigenvalue weighted by molar-refractivity contribution is 7.92. The Morgan fingerprint density at radius 3 is 2.18 bits per heavy atom. The van der Waals surface area contributed by atoms with Gasteiger partial charge in [0.15, 0.2) is 0 Å². The van der Waals surface area contributed by atoms with Gasteiger partial charge < -0.3 is 10.2 Å². The summed E-state index contributed by atoms with van der Waals surface area (Å²) in [4.78, 5) is 28.2. The first-order valence-electron chi connectivity index (χ1n) is 12.6. The average Bonchev–Trinajstić information content (AvgIpc) is 2.91. The summed E-state index contributed by atoms with van der Waals surface area (Å²) in [5.74, 6) is -0.782. The molecule has 3 aromatic rings. The molecule has 1 atom stereocenters. The van der Waals surface area contributed by atoms with Crippen molar-refractivity contribution in [2.45, 2.75) is 51.1 Å². The highest BCUT2D eigenvalue weighted by Gasteiger charge is 2.32. The second-order valence-corrected chi connectivity index (χ2v) is 11.4. The molecule has 0 radical (unpaired) electrons. The predicted octanol–water partition coefficient (Wildman–Crippen LogP) is 5.18. The molecule has 0 bridgehead atoms. The second-order valence-electron chi connectivity index (χ2n) is 9.13. The van der Waals surface area contributed by atoms with Crippen molar-refractivity contribution in [1.29, 1.82) is 0 Å². The maximum Gasteiger partial charge on any atom is 0.264 e. The number of unbranched alkanes of at least 4 members (excludes halogenated alkanes) is 1. The van der Waals surface area contributed by atoms with Crippen LogP contribution in [0.25, 0.3) is 0 Å². The van der Waals surface area contributed by atoms with Gasteiger partial charge in [-0.2, -0.15) is 0 Å². The number of sulfonamides is 1. The number of hydrogen-bond acceptors (Lipinski definition) is 4. The molecule has 0 aromatic heterocycles. The van der Waals surface area contributed by atoms with Crippen LogP contribution in [0.2, 0.25) is 5.02 Å². The summed E-state index contributed by atoms with van der Waals surface area (Å²) in [5.41, 5.74) is 2.25. The Labute approximate surface area is 230 Å². The average molecular weight is 556 g/mol. The van der Waals surface area contributed by atoms with E-state index in [0.717, 1.165) is 28.3 Å². The first-order chi connectivity index (χ1) is 18.1. The monoisotopic (exact) mass is 555 g/mol. The molecular formula is C29H34ClN3O4S. The minimum atomic E-state index is -4.11. The van der Waals surface area contributed by atoms with Crippen LogP contribution in [0.4, 0.5) is 5.69 Å². The second kappa shape index (κ2) is 13.4. The Hall–Kier alpha value is -3.36. The van der Waals surface area contributed by atoms with Crippen molar-refractivity contribution in [2.75, 3.05) is 17.4 Å². The number of aryl methyl sites for hydroxylation is 1. The number of nitrogens with zero attached hydrogens (tertiary/aromatic N) is 2. The van der Waals surface area contributed by atoms with Crippen molar-refractivity contribution in [3.63, 3.8) is 0 Å². The maximum absolute atomic E-state index is 13.8. The highest BCUT2D eigenvalue weighted by Crippen LogP contribution is 2.25. The Kier molecular flexibility index (Phi) is 10.3. The minimum Gasteiger partial charge on any atom is -0.354 e. The molecule has 38 heavy (non-hydrogen) atoms. The van der Waals surface area contributed by atoms with Gasteiger partial charge in [0.05, 0.1) is 10.6 Å². The normalized spacial score (nSPS) is 12.0. The van der Waals surface area contributed by atoms with E-state index >= 15 is 0 Å². The number of hydrogen-bond donors (Lipinski definition) is 1. The number of rotatable bonds is 12. The standard InChI is InChI=1S/C29H34ClN3O4S/c1-4-5-19-31-29(35)23(3)32(20-24-13-11-22(2)12-14-24)28(34)21-33(26-9-7-6-8-10-26)38(36,37)27-17-15-25(30)16-18-27/h6-18,23H,4-5,19-21H2,1-3H3,(H,31,35)/t23-/m0/s1. The van der Waals surface area contributed by atoms with Crippen LogP contribution >= 0.6 is 11.6 Å². The molecular weight excluding hydrogens is 522 g/mol. The van der Waals surface area contributed by atoms with Gasteiger partial charge in [0.1, 0.15) is 12.6 Å². The lowest BCUT2D eigenvalue weighted by atomic mass is 10.1. The number of halogens is 1. The smallest absolute Gasteiger partial charge is 0.264 e. The van der Waals surface area contributed by atoms with Gasteiger partial charge >= 0.3 is 0 Å². The van der Waals surface area contributed by atoms with Crippen molar-refractivity contribution >= 4 is 39.1 Å². The number of para-hydroxylation sites is 1. The lowest BCUT2D eigenvalue weighted by Gasteiger charge is -2.32. The van der Waals surface area contributed by atoms with Crippen molar-refractivity contribution in [1.82, 2.24) is 10.2 Å². The zero-order chi connectivity index (χ0) is 27.7. The zero-order valence-corrected chi connectivity index (χ0v) is 23.5. The third-order valence-corrected chi connectivity index (χ3v) is 8.24. The Bertz CT molecular complexity index is 1310. The molecule has 0 fully saturated rings. The molecule has 9 heteroatoms. The molecule has 0 aliphatic rings. The summed E-state index contributed by atoms with van der Waals surface area (Å²) in [7, 11) is -4.11. The Balaban J connectivity index is 1.96. The largest absolute Gasteiger partial charge is 0.354 e. The van der Waals surface area contributed by atoms with Crippen molar-refractivity contribution in [3.05, 3.63) is 95.0 Å². The molecule has 3 aromatic carbocycles. The molecule has 202 valence electrons. The van der Waals surface area contributed by atoms with Gasteiger partial charge in [0.2, 0.25) is 11.8 Å². The number of anilines is 1. The molecule has 2 amide bonds. The van der Waals surface area contributed by atoms with Gasteiger partial charge in [0, 0.05) is 18.1 Å². The van der Waals surface area contributed by atoms with Crippen molar-refractivity contribution in [2.24, 2.45) is 0 Å². The van der Waals surface area contributed by atoms with Gasteiger partial charge in [-0.25, -0.2) is 8.42 Å². The summed E-state index contributed by atoms with van der Waals surface area (Å²) >= 11 is 5.97. The summed E-state index contributed by atoms with van der Waals surface area (Å²) in [5, 5.41) is 3.28. The van der Waals surface area contributed by atoms with Gasteiger partial charge in [-0.3, -0.25) is 13.9 Å². The van der Waals surface area contributed by atoms with Gasteiger partial charge in [-0.05, 0) is 62.2 Å². The van der Waals surface area contributed by atoms with E-state index in [1.165, 1.54) is 29.2 Å². The van der Waals surface area contributed by atoms with Crippen LogP contribution in [0.15, 0.2) is 83.8 Å². The molecule has 0 saturated carbocycles. The molecule has 0 spiro atoms. The first-order valence-corrected chi connectivity index (χ1v) is 14.4. The van der Waals surface area contributed by atoms with Crippen LogP contribution in [0.5, 0.6) is 0 Å². The summed E-state index contributed by atoms with van der Waals surface area (Å²) < 4.78 is 28.5. The molecule has 0 aliphatic carbocycles. The number of carbonyl (C=O) groups is 2. The Morgan fingerprint density at radius 1 is 0.947 bits per heavy atom. The SMILES string of the molecule is CCCCNC(=O)[C@H](C)N(Cc1ccc(C)cc1)C(=O)CN(c1ccccc1)S(=O)(=O)c1ccc(Cl)cc1. The summed E-state index contributed by atoms with van der Waals surface area (Å²) in [6.45, 7) is 5.84. The fraction of sp³-hybridized carbons (Fsp3) is 0.310. The topological polar surface area (TPSA) is 86.8 Å². The molecule has 0 saturated heterocycles. The van der Waals surface area contributed by atoms with Crippen LogP contribution in [0.1, 0.15) is 37.8 Å². The molecule has 1 N–H and O–H groups in total. The molecule has 7 nitrogen and oxygen atoms in total. The number of nitrogens with one attached hydrogen (secondary N) is 1. The minimum absolute atomic E-state index is 0.00833. The zero-order valence-electron chi connectivity index (χ0n) is 21.9. The number of amides is 2. The fourth-order valence-corrected chi connectivity index (χ4v) is 5.41. The van der Waals surface area contributed by atoms with Gasteiger partial charge in [-0.15, -0.1) is 0 Å². The van der Waals surface area contributed by atoms with Crippen LogP contribution in [0.3, 0.4) is 0 Å². The van der Waals surface area contributed by atoms with E-state index in [2.05, 4.69) is 5.32 Å². The molecule has 0 aliphatic heterocycles. The lowest BCUT2D eigenvalue weighted by Crippen LogP contribution is -2.51. The van der Waals surface area contributed by atoms with Crippen molar-refractivity contribution < 1.29 is 18.0 Å². The lowest BCUT2D eigenvalue weighted by molar-refractivity contribution is -0.139. The van der Waals surface area contributed by atoms with E-state index in [9.17, 15) is 18.0 Å². The van der Waals surface area contributed by atoms with Crippen LogP contribution in [-0.2, 0) is 26.2 Å². The van der Waals surface area contributed by atoms with E-state index in [4.69, 9.17) is 11.6 Å². The third kappa shape index (κ3) is 7.58. The maximum atomic E-state index is 13.8. The Morgan fingerprint density at radius 2 is 1.58 bits per heavy atom. The first kappa shape index (κ1) is 29.2. The van der Waals surface area contributed by atoms with E-state index in [0.29, 0.717) is 17.3 Å². The van der Waals surface area contributed by atoms with E-state index < -0.39 is 28.5 Å². The van der Waals surface area contributed by atoms with E-state index in [1.54, 1.807) is 37.3 Å². The summed E-state index contributed by atoms with van der Waals surface area (Å²) in [6.07, 6.45) is 1.75. The molecule has 0 heterocycles.